The third kappa shape index (κ3) is 5.42. The maximum absolute atomic E-state index is 11.8. The quantitative estimate of drug-likeness (QED) is 0.275. The zero-order chi connectivity index (χ0) is 23.0. The van der Waals surface area contributed by atoms with E-state index in [1.165, 1.54) is 32.0 Å². The minimum Gasteiger partial charge on any atom is -0.466 e. The standard InChI is InChI=1S/C28H31N2O2S/c1-3-19-29-21-18-22(23-12-5-6-13-24(23)29)11-9-16-27-30(20-10-17-28(31)32-4-2)25-14-7-8-15-26(25)33-27/h5-9,11-16,18,21H,3-4,10,17,19-20H2,1-2H3/q+1. The number of rotatable bonds is 9. The Hall–Kier alpha value is -3.18. The van der Waals surface area contributed by atoms with Crippen molar-refractivity contribution in [3.63, 3.8) is 0 Å². The number of carbonyl (C=O) groups is 1. The number of aromatic nitrogens is 1. The lowest BCUT2D eigenvalue weighted by Gasteiger charge is -2.27. The van der Waals surface area contributed by atoms with E-state index in [4.69, 9.17) is 4.74 Å². The number of nitrogens with zero attached hydrogens (tertiary/aromatic N) is 2. The van der Waals surface area contributed by atoms with Crippen molar-refractivity contribution in [2.45, 2.75) is 39.7 Å². The summed E-state index contributed by atoms with van der Waals surface area (Å²) in [4.78, 5) is 14.1. The molecule has 3 aromatic rings. The van der Waals surface area contributed by atoms with E-state index in [0.717, 1.165) is 25.9 Å². The van der Waals surface area contributed by atoms with Crippen LogP contribution in [0, 0.1) is 0 Å². The summed E-state index contributed by atoms with van der Waals surface area (Å²) in [5.74, 6) is -0.126. The molecule has 1 aromatic heterocycles. The second-order valence-corrected chi connectivity index (χ2v) is 9.04. The zero-order valence-corrected chi connectivity index (χ0v) is 20.2. The summed E-state index contributed by atoms with van der Waals surface area (Å²) in [6.07, 6.45) is 13.2. The van der Waals surface area contributed by atoms with Gasteiger partial charge >= 0.3 is 5.97 Å². The SMILES string of the molecule is CCCN1C=C/C(=C\C=C\c2sc3ccccc3[n+]2CCCC(=O)OCC)c2ccccc21. The van der Waals surface area contributed by atoms with E-state index < -0.39 is 0 Å². The van der Waals surface area contributed by atoms with E-state index >= 15 is 0 Å². The summed E-state index contributed by atoms with van der Waals surface area (Å²) in [6.45, 7) is 6.29. The molecule has 2 aromatic carbocycles. The van der Waals surface area contributed by atoms with Crippen molar-refractivity contribution in [1.82, 2.24) is 0 Å². The molecule has 0 N–H and O–H groups in total. The van der Waals surface area contributed by atoms with Crippen LogP contribution in [0.5, 0.6) is 0 Å². The van der Waals surface area contributed by atoms with Crippen molar-refractivity contribution in [2.75, 3.05) is 18.1 Å². The Bertz CT molecular complexity index is 1210. The Kier molecular flexibility index (Phi) is 7.74. The number of para-hydroxylation sites is 2. The molecule has 0 unspecified atom stereocenters. The number of fused-ring (bicyclic) bond motifs is 2. The molecule has 1 aliphatic heterocycles. The van der Waals surface area contributed by atoms with Crippen molar-refractivity contribution >= 4 is 44.9 Å². The molecule has 2 heterocycles. The van der Waals surface area contributed by atoms with Crippen LogP contribution in [0.1, 0.15) is 43.7 Å². The molecule has 0 bridgehead atoms. The van der Waals surface area contributed by atoms with Gasteiger partial charge in [0, 0.05) is 42.6 Å². The van der Waals surface area contributed by atoms with Gasteiger partial charge in [-0.15, -0.1) is 0 Å². The molecule has 1 aliphatic rings. The highest BCUT2D eigenvalue weighted by atomic mass is 32.1. The predicted octanol–water partition coefficient (Wildman–Crippen LogP) is 6.37. The number of allylic oxidation sites excluding steroid dienone is 4. The minimum atomic E-state index is -0.126. The van der Waals surface area contributed by atoms with E-state index in [2.05, 4.69) is 95.4 Å². The largest absolute Gasteiger partial charge is 0.466 e. The van der Waals surface area contributed by atoms with E-state index in [-0.39, 0.29) is 5.97 Å². The van der Waals surface area contributed by atoms with E-state index in [1.807, 2.05) is 6.92 Å². The summed E-state index contributed by atoms with van der Waals surface area (Å²) in [6, 6.07) is 17.0. The summed E-state index contributed by atoms with van der Waals surface area (Å²) in [5, 5.41) is 1.18. The van der Waals surface area contributed by atoms with Gasteiger partial charge in [-0.3, -0.25) is 4.79 Å². The van der Waals surface area contributed by atoms with Crippen LogP contribution in [-0.2, 0) is 16.1 Å². The number of carbonyl (C=O) groups excluding carboxylic acids is 1. The van der Waals surface area contributed by atoms with Crippen LogP contribution in [0.25, 0.3) is 21.9 Å². The molecule has 0 fully saturated rings. The number of anilines is 1. The highest BCUT2D eigenvalue weighted by Crippen LogP contribution is 2.33. The number of esters is 1. The van der Waals surface area contributed by atoms with Gasteiger partial charge in [-0.1, -0.05) is 60.7 Å². The minimum absolute atomic E-state index is 0.126. The molecule has 0 aliphatic carbocycles. The smallest absolute Gasteiger partial charge is 0.306 e. The highest BCUT2D eigenvalue weighted by Gasteiger charge is 2.19. The fraction of sp³-hybridized carbons (Fsp3) is 0.286. The first-order valence-corrected chi connectivity index (χ1v) is 12.5. The monoisotopic (exact) mass is 459 g/mol. The predicted molar refractivity (Wildman–Crippen MR) is 138 cm³/mol. The van der Waals surface area contributed by atoms with Gasteiger partial charge in [0.2, 0.25) is 5.52 Å². The van der Waals surface area contributed by atoms with Crippen molar-refractivity contribution in [2.24, 2.45) is 0 Å². The molecule has 0 saturated heterocycles. The fourth-order valence-electron chi connectivity index (χ4n) is 4.15. The molecule has 0 saturated carbocycles. The third-order valence-electron chi connectivity index (χ3n) is 5.64. The summed E-state index contributed by atoms with van der Waals surface area (Å²) in [7, 11) is 0. The molecule has 170 valence electrons. The van der Waals surface area contributed by atoms with Crippen molar-refractivity contribution in [3.8, 4) is 0 Å². The number of hydrogen-bond acceptors (Lipinski definition) is 4. The highest BCUT2D eigenvalue weighted by molar-refractivity contribution is 7.18. The second kappa shape index (κ2) is 11.1. The van der Waals surface area contributed by atoms with Gasteiger partial charge in [-0.05, 0) is 37.1 Å². The van der Waals surface area contributed by atoms with Crippen molar-refractivity contribution in [3.05, 3.63) is 83.5 Å². The number of ether oxygens (including phenoxy) is 1. The lowest BCUT2D eigenvalue weighted by molar-refractivity contribution is -0.669. The molecule has 33 heavy (non-hydrogen) atoms. The van der Waals surface area contributed by atoms with Crippen LogP contribution in [0.3, 0.4) is 0 Å². The summed E-state index contributed by atoms with van der Waals surface area (Å²) in [5.41, 5.74) is 4.94. The maximum atomic E-state index is 11.8. The average molecular weight is 460 g/mol. The summed E-state index contributed by atoms with van der Waals surface area (Å²) >= 11 is 1.78. The van der Waals surface area contributed by atoms with Crippen LogP contribution in [-0.4, -0.2) is 19.1 Å². The van der Waals surface area contributed by atoms with Crippen molar-refractivity contribution in [1.29, 1.82) is 0 Å². The van der Waals surface area contributed by atoms with Gasteiger partial charge in [0.25, 0.3) is 5.01 Å². The van der Waals surface area contributed by atoms with Gasteiger partial charge in [-0.25, -0.2) is 0 Å². The molecule has 0 spiro atoms. The summed E-state index contributed by atoms with van der Waals surface area (Å²) < 4.78 is 8.64. The van der Waals surface area contributed by atoms with Gasteiger partial charge in [0.15, 0.2) is 6.54 Å². The molecular weight excluding hydrogens is 428 g/mol. The first kappa shape index (κ1) is 23.0. The molecule has 4 rings (SSSR count). The van der Waals surface area contributed by atoms with E-state index in [1.54, 1.807) is 11.3 Å². The van der Waals surface area contributed by atoms with E-state index in [9.17, 15) is 4.79 Å². The first-order valence-electron chi connectivity index (χ1n) is 11.7. The Morgan fingerprint density at radius 1 is 1.12 bits per heavy atom. The van der Waals surface area contributed by atoms with Crippen LogP contribution in [0.15, 0.2) is 73.0 Å². The van der Waals surface area contributed by atoms with Gasteiger partial charge < -0.3 is 9.64 Å². The molecule has 0 radical (unpaired) electrons. The van der Waals surface area contributed by atoms with Gasteiger partial charge in [0.05, 0.1) is 13.0 Å². The van der Waals surface area contributed by atoms with Crippen molar-refractivity contribution < 1.29 is 14.1 Å². The molecular formula is C28H31N2O2S+. The number of benzene rings is 2. The third-order valence-corrected chi connectivity index (χ3v) is 6.77. The van der Waals surface area contributed by atoms with Gasteiger partial charge in [0.1, 0.15) is 4.70 Å². The first-order chi connectivity index (χ1) is 16.2. The van der Waals surface area contributed by atoms with Crippen LogP contribution in [0.2, 0.25) is 0 Å². The fourth-order valence-corrected chi connectivity index (χ4v) is 5.25. The Balaban J connectivity index is 1.57. The molecule has 0 atom stereocenters. The molecule has 5 heteroatoms. The Morgan fingerprint density at radius 2 is 1.94 bits per heavy atom. The normalized spacial score (nSPS) is 14.4. The Labute approximate surface area is 200 Å². The van der Waals surface area contributed by atoms with Gasteiger partial charge in [-0.2, -0.15) is 4.57 Å². The lowest BCUT2D eigenvalue weighted by Crippen LogP contribution is -2.35. The second-order valence-electron chi connectivity index (χ2n) is 7.98. The molecule has 0 amide bonds. The lowest BCUT2D eigenvalue weighted by atomic mass is 9.99. The van der Waals surface area contributed by atoms with Crippen LogP contribution >= 0.6 is 11.3 Å². The number of aryl methyl sites for hydroxylation is 1. The van der Waals surface area contributed by atoms with Crippen LogP contribution in [0.4, 0.5) is 5.69 Å². The zero-order valence-electron chi connectivity index (χ0n) is 19.4. The Morgan fingerprint density at radius 3 is 2.79 bits per heavy atom. The number of hydrogen-bond donors (Lipinski definition) is 0. The van der Waals surface area contributed by atoms with Crippen LogP contribution < -0.4 is 9.47 Å². The molecule has 4 nitrogen and oxygen atoms in total. The number of thiazole rings is 1. The average Bonchev–Trinajstić information content (AvgIpc) is 3.18. The van der Waals surface area contributed by atoms with E-state index in [0.29, 0.717) is 13.0 Å². The maximum Gasteiger partial charge on any atom is 0.306 e. The topological polar surface area (TPSA) is 33.4 Å².